The standard InChI is InChI=1S/C15H10N4O2/c1-2-14(20)18-9-3-4-13-11(5-9)12(15(21)19-13)6-10-7-16-8-17-10/h1,3-8H,(H,16,17)(H,18,20)(H,19,21)/b12-6-. The summed E-state index contributed by atoms with van der Waals surface area (Å²) in [6, 6.07) is 5.09. The number of hydrogen-bond donors (Lipinski definition) is 3. The minimum atomic E-state index is -0.536. The van der Waals surface area contributed by atoms with Gasteiger partial charge in [-0.3, -0.25) is 9.59 Å². The summed E-state index contributed by atoms with van der Waals surface area (Å²) in [6.45, 7) is 0. The molecule has 0 bridgehead atoms. The van der Waals surface area contributed by atoms with E-state index in [0.717, 1.165) is 0 Å². The lowest BCUT2D eigenvalue weighted by atomic mass is 10.1. The van der Waals surface area contributed by atoms with Crippen molar-refractivity contribution >= 4 is 34.8 Å². The van der Waals surface area contributed by atoms with Crippen molar-refractivity contribution in [3.8, 4) is 12.3 Å². The van der Waals surface area contributed by atoms with Crippen LogP contribution in [0.15, 0.2) is 30.7 Å². The summed E-state index contributed by atoms with van der Waals surface area (Å²) in [7, 11) is 0. The van der Waals surface area contributed by atoms with Crippen LogP contribution in [0, 0.1) is 12.3 Å². The molecule has 0 atom stereocenters. The molecule has 21 heavy (non-hydrogen) atoms. The number of carbonyl (C=O) groups is 2. The number of benzene rings is 1. The van der Waals surface area contributed by atoms with Crippen molar-refractivity contribution in [1.29, 1.82) is 0 Å². The molecule has 0 saturated carbocycles. The number of terminal acetylenes is 1. The molecule has 6 heteroatoms. The first-order valence-electron chi connectivity index (χ1n) is 6.11. The lowest BCUT2D eigenvalue weighted by molar-refractivity contribution is -0.111. The molecule has 0 fully saturated rings. The van der Waals surface area contributed by atoms with E-state index in [2.05, 4.69) is 20.6 Å². The Morgan fingerprint density at radius 1 is 1.43 bits per heavy atom. The predicted octanol–water partition coefficient (Wildman–Crippen LogP) is 1.47. The Hall–Kier alpha value is -3.33. The highest BCUT2D eigenvalue weighted by molar-refractivity contribution is 6.35. The Labute approximate surface area is 120 Å². The third-order valence-electron chi connectivity index (χ3n) is 3.01. The Bertz CT molecular complexity index is 798. The van der Waals surface area contributed by atoms with E-state index in [1.54, 1.807) is 30.5 Å². The fourth-order valence-electron chi connectivity index (χ4n) is 2.08. The fourth-order valence-corrected chi connectivity index (χ4v) is 2.08. The summed E-state index contributed by atoms with van der Waals surface area (Å²) in [5.41, 5.74) is 3.12. The number of fused-ring (bicyclic) bond motifs is 1. The molecule has 0 unspecified atom stereocenters. The second-order valence-corrected chi connectivity index (χ2v) is 4.38. The van der Waals surface area contributed by atoms with Gasteiger partial charge in [0, 0.05) is 16.9 Å². The van der Waals surface area contributed by atoms with Crippen LogP contribution >= 0.6 is 0 Å². The highest BCUT2D eigenvalue weighted by Gasteiger charge is 2.24. The maximum absolute atomic E-state index is 12.0. The number of aromatic amines is 1. The van der Waals surface area contributed by atoms with Crippen LogP contribution in [0.1, 0.15) is 11.3 Å². The van der Waals surface area contributed by atoms with E-state index in [1.807, 2.05) is 5.92 Å². The van der Waals surface area contributed by atoms with Crippen LogP contribution < -0.4 is 10.6 Å². The number of rotatable bonds is 2. The van der Waals surface area contributed by atoms with E-state index < -0.39 is 5.91 Å². The monoisotopic (exact) mass is 278 g/mol. The molecule has 2 amide bonds. The average molecular weight is 278 g/mol. The molecule has 3 rings (SSSR count). The molecule has 1 aliphatic rings. The zero-order valence-corrected chi connectivity index (χ0v) is 10.8. The van der Waals surface area contributed by atoms with Gasteiger partial charge in [0.25, 0.3) is 11.8 Å². The summed E-state index contributed by atoms with van der Waals surface area (Å²) in [4.78, 5) is 30.0. The molecule has 0 spiro atoms. The SMILES string of the molecule is C#CC(=O)Nc1ccc2c(c1)/C(=C/c1cnc[nH]1)C(=O)N2. The van der Waals surface area contributed by atoms with Gasteiger partial charge in [0.15, 0.2) is 0 Å². The van der Waals surface area contributed by atoms with Crippen LogP contribution in [0.2, 0.25) is 0 Å². The van der Waals surface area contributed by atoms with Crippen LogP contribution in [0.5, 0.6) is 0 Å². The van der Waals surface area contributed by atoms with Crippen molar-refractivity contribution in [2.24, 2.45) is 0 Å². The van der Waals surface area contributed by atoms with Gasteiger partial charge in [-0.2, -0.15) is 0 Å². The van der Waals surface area contributed by atoms with Crippen LogP contribution in [0.3, 0.4) is 0 Å². The maximum Gasteiger partial charge on any atom is 0.300 e. The maximum atomic E-state index is 12.0. The van der Waals surface area contributed by atoms with Gasteiger partial charge in [0.2, 0.25) is 0 Å². The Morgan fingerprint density at radius 3 is 3.00 bits per heavy atom. The number of carbonyl (C=O) groups excluding carboxylic acids is 2. The summed E-state index contributed by atoms with van der Waals surface area (Å²) in [5, 5.41) is 5.31. The van der Waals surface area contributed by atoms with Crippen molar-refractivity contribution in [2.45, 2.75) is 0 Å². The first-order valence-corrected chi connectivity index (χ1v) is 6.11. The van der Waals surface area contributed by atoms with Gasteiger partial charge in [0.1, 0.15) is 0 Å². The molecule has 1 aromatic heterocycles. The number of amides is 2. The van der Waals surface area contributed by atoms with Gasteiger partial charge in [-0.05, 0) is 30.2 Å². The second-order valence-electron chi connectivity index (χ2n) is 4.38. The smallest absolute Gasteiger partial charge is 0.300 e. The Balaban J connectivity index is 2.01. The first-order chi connectivity index (χ1) is 10.2. The van der Waals surface area contributed by atoms with E-state index in [9.17, 15) is 9.59 Å². The van der Waals surface area contributed by atoms with Gasteiger partial charge >= 0.3 is 0 Å². The largest absolute Gasteiger partial charge is 0.345 e. The van der Waals surface area contributed by atoms with E-state index in [1.165, 1.54) is 6.33 Å². The van der Waals surface area contributed by atoms with Gasteiger partial charge in [0.05, 0.1) is 23.8 Å². The second kappa shape index (κ2) is 4.98. The molecule has 6 nitrogen and oxygen atoms in total. The molecule has 3 N–H and O–H groups in total. The molecular formula is C15H10N4O2. The molecule has 1 aromatic carbocycles. The summed E-state index contributed by atoms with van der Waals surface area (Å²) in [6.07, 6.45) is 9.86. The average Bonchev–Trinajstić information content (AvgIpc) is 3.08. The van der Waals surface area contributed by atoms with Crippen LogP contribution in [0.25, 0.3) is 11.6 Å². The van der Waals surface area contributed by atoms with Crippen LogP contribution in [-0.2, 0) is 9.59 Å². The molecule has 0 saturated heterocycles. The predicted molar refractivity (Wildman–Crippen MR) is 79.0 cm³/mol. The molecule has 2 heterocycles. The van der Waals surface area contributed by atoms with Gasteiger partial charge in [-0.1, -0.05) is 0 Å². The first kappa shape index (κ1) is 12.7. The van der Waals surface area contributed by atoms with Crippen LogP contribution in [0.4, 0.5) is 11.4 Å². The van der Waals surface area contributed by atoms with Gasteiger partial charge in [-0.15, -0.1) is 6.42 Å². The molecule has 0 radical (unpaired) electrons. The van der Waals surface area contributed by atoms with Crippen molar-refractivity contribution in [3.05, 3.63) is 42.0 Å². The number of nitrogens with one attached hydrogen (secondary N) is 3. The number of nitrogens with zero attached hydrogens (tertiary/aromatic N) is 1. The van der Waals surface area contributed by atoms with Crippen molar-refractivity contribution in [1.82, 2.24) is 9.97 Å². The van der Waals surface area contributed by atoms with E-state index in [-0.39, 0.29) is 5.91 Å². The fraction of sp³-hybridized carbons (Fsp3) is 0. The summed E-state index contributed by atoms with van der Waals surface area (Å²) >= 11 is 0. The minimum Gasteiger partial charge on any atom is -0.345 e. The Kier molecular flexibility index (Phi) is 3.01. The number of H-pyrrole nitrogens is 1. The highest BCUT2D eigenvalue weighted by Crippen LogP contribution is 2.34. The van der Waals surface area contributed by atoms with E-state index >= 15 is 0 Å². The topological polar surface area (TPSA) is 86.9 Å². The highest BCUT2D eigenvalue weighted by atomic mass is 16.2. The van der Waals surface area contributed by atoms with E-state index in [0.29, 0.717) is 28.2 Å². The molecule has 0 aliphatic carbocycles. The molecule has 1 aliphatic heterocycles. The third-order valence-corrected chi connectivity index (χ3v) is 3.01. The summed E-state index contributed by atoms with van der Waals surface area (Å²) in [5.74, 6) is 1.23. The normalized spacial score (nSPS) is 14.4. The van der Waals surface area contributed by atoms with Gasteiger partial charge < -0.3 is 15.6 Å². The van der Waals surface area contributed by atoms with Crippen molar-refractivity contribution in [3.63, 3.8) is 0 Å². The Morgan fingerprint density at radius 2 is 2.29 bits per heavy atom. The lowest BCUT2D eigenvalue weighted by Crippen LogP contribution is -2.07. The zero-order valence-electron chi connectivity index (χ0n) is 10.8. The number of aromatic nitrogens is 2. The lowest BCUT2D eigenvalue weighted by Gasteiger charge is -2.04. The quantitative estimate of drug-likeness (QED) is 0.574. The minimum absolute atomic E-state index is 0.208. The number of hydrogen-bond acceptors (Lipinski definition) is 3. The molecule has 2 aromatic rings. The third kappa shape index (κ3) is 2.40. The van der Waals surface area contributed by atoms with Crippen molar-refractivity contribution < 1.29 is 9.59 Å². The van der Waals surface area contributed by atoms with E-state index in [4.69, 9.17) is 6.42 Å². The molecular weight excluding hydrogens is 268 g/mol. The van der Waals surface area contributed by atoms with Crippen LogP contribution in [-0.4, -0.2) is 21.8 Å². The number of imidazole rings is 1. The summed E-state index contributed by atoms with van der Waals surface area (Å²) < 4.78 is 0. The number of anilines is 2. The van der Waals surface area contributed by atoms with Gasteiger partial charge in [-0.25, -0.2) is 4.98 Å². The zero-order chi connectivity index (χ0) is 14.8. The molecule has 102 valence electrons. The van der Waals surface area contributed by atoms with Crippen molar-refractivity contribution in [2.75, 3.05) is 10.6 Å².